The molecular formula is C19H24N4O2. The first-order chi connectivity index (χ1) is 12.1. The van der Waals surface area contributed by atoms with Gasteiger partial charge in [-0.15, -0.1) is 10.2 Å². The van der Waals surface area contributed by atoms with E-state index in [2.05, 4.69) is 26.6 Å². The summed E-state index contributed by atoms with van der Waals surface area (Å²) in [6, 6.07) is 7.38. The molecule has 1 aromatic carbocycles. The van der Waals surface area contributed by atoms with Crippen LogP contribution in [-0.4, -0.2) is 37.3 Å². The number of fused-ring (bicyclic) bond motifs is 1. The van der Waals surface area contributed by atoms with Gasteiger partial charge in [0.05, 0.1) is 11.6 Å². The van der Waals surface area contributed by atoms with Crippen LogP contribution in [0.1, 0.15) is 72.1 Å². The molecule has 1 atom stereocenters. The van der Waals surface area contributed by atoms with Crippen molar-refractivity contribution in [2.45, 2.75) is 57.7 Å². The van der Waals surface area contributed by atoms with Crippen LogP contribution in [0.15, 0.2) is 24.3 Å². The van der Waals surface area contributed by atoms with Gasteiger partial charge in [-0.2, -0.15) is 0 Å². The van der Waals surface area contributed by atoms with E-state index < -0.39 is 5.97 Å². The van der Waals surface area contributed by atoms with Crippen molar-refractivity contribution in [3.8, 4) is 0 Å². The average molecular weight is 340 g/mol. The molecule has 1 aliphatic carbocycles. The number of benzene rings is 1. The molecule has 1 unspecified atom stereocenters. The second-order valence-corrected chi connectivity index (χ2v) is 7.20. The number of aromatic nitrogens is 3. The summed E-state index contributed by atoms with van der Waals surface area (Å²) in [6.07, 6.45) is 5.07. The van der Waals surface area contributed by atoms with Crippen molar-refractivity contribution in [3.63, 3.8) is 0 Å². The van der Waals surface area contributed by atoms with Crippen LogP contribution in [0, 0.1) is 0 Å². The molecule has 0 radical (unpaired) electrons. The van der Waals surface area contributed by atoms with Gasteiger partial charge < -0.3 is 9.67 Å². The van der Waals surface area contributed by atoms with Crippen LogP contribution < -0.4 is 0 Å². The molecule has 1 saturated carbocycles. The van der Waals surface area contributed by atoms with Crippen LogP contribution in [0.3, 0.4) is 0 Å². The van der Waals surface area contributed by atoms with Crippen molar-refractivity contribution in [2.75, 3.05) is 6.54 Å². The van der Waals surface area contributed by atoms with Gasteiger partial charge in [0.25, 0.3) is 0 Å². The van der Waals surface area contributed by atoms with E-state index in [1.54, 1.807) is 12.1 Å². The third-order valence-electron chi connectivity index (χ3n) is 5.62. The molecule has 0 saturated heterocycles. The molecular weight excluding hydrogens is 316 g/mol. The Balaban J connectivity index is 1.53. The van der Waals surface area contributed by atoms with Crippen LogP contribution in [0.4, 0.5) is 0 Å². The molecule has 6 nitrogen and oxygen atoms in total. The van der Waals surface area contributed by atoms with Gasteiger partial charge in [-0.05, 0) is 37.5 Å². The summed E-state index contributed by atoms with van der Waals surface area (Å²) >= 11 is 0. The number of hydrogen-bond donors (Lipinski definition) is 1. The standard InChI is InChI=1S/C19H24N4O2/c1-13-17-20-21-18(15-6-2-3-7-15)23(17)10-9-22(13)12-14-5-4-8-16(11-14)19(24)25/h4-5,8,11,13,15H,2-3,6-7,9-10,12H2,1H3,(H,24,25). The minimum atomic E-state index is -0.880. The lowest BCUT2D eigenvalue weighted by Gasteiger charge is -2.34. The van der Waals surface area contributed by atoms with Gasteiger partial charge in [-0.25, -0.2) is 4.79 Å². The summed E-state index contributed by atoms with van der Waals surface area (Å²) in [5.74, 6) is 1.91. The summed E-state index contributed by atoms with van der Waals surface area (Å²) < 4.78 is 2.32. The van der Waals surface area contributed by atoms with Crippen molar-refractivity contribution < 1.29 is 9.90 Å². The maximum Gasteiger partial charge on any atom is 0.335 e. The molecule has 1 aliphatic heterocycles. The van der Waals surface area contributed by atoms with Gasteiger partial charge in [0.1, 0.15) is 11.6 Å². The first-order valence-corrected chi connectivity index (χ1v) is 9.13. The maximum absolute atomic E-state index is 11.2. The van der Waals surface area contributed by atoms with Crippen LogP contribution in [0.5, 0.6) is 0 Å². The van der Waals surface area contributed by atoms with Crippen molar-refractivity contribution in [3.05, 3.63) is 47.0 Å². The van der Waals surface area contributed by atoms with E-state index in [1.165, 1.54) is 31.5 Å². The third-order valence-corrected chi connectivity index (χ3v) is 5.62. The number of hydrogen-bond acceptors (Lipinski definition) is 4. The second kappa shape index (κ2) is 6.59. The molecule has 1 N–H and O–H groups in total. The van der Waals surface area contributed by atoms with E-state index in [0.717, 1.165) is 31.0 Å². The van der Waals surface area contributed by atoms with Crippen molar-refractivity contribution in [1.29, 1.82) is 0 Å². The zero-order valence-corrected chi connectivity index (χ0v) is 14.6. The molecule has 1 fully saturated rings. The Morgan fingerprint density at radius 1 is 1.20 bits per heavy atom. The molecule has 132 valence electrons. The van der Waals surface area contributed by atoms with Gasteiger partial charge in [-0.1, -0.05) is 25.0 Å². The lowest BCUT2D eigenvalue weighted by molar-refractivity contribution is 0.0696. The van der Waals surface area contributed by atoms with E-state index in [0.29, 0.717) is 11.5 Å². The molecule has 2 aliphatic rings. The first-order valence-electron chi connectivity index (χ1n) is 9.13. The number of nitrogens with zero attached hydrogens (tertiary/aromatic N) is 4. The van der Waals surface area contributed by atoms with E-state index >= 15 is 0 Å². The Kier molecular flexibility index (Phi) is 4.29. The summed E-state index contributed by atoms with van der Waals surface area (Å²) in [4.78, 5) is 13.5. The fourth-order valence-corrected chi connectivity index (χ4v) is 4.19. The highest BCUT2D eigenvalue weighted by atomic mass is 16.4. The highest BCUT2D eigenvalue weighted by molar-refractivity contribution is 5.87. The van der Waals surface area contributed by atoms with Gasteiger partial charge in [0.15, 0.2) is 0 Å². The van der Waals surface area contributed by atoms with Gasteiger partial charge in [-0.3, -0.25) is 4.90 Å². The van der Waals surface area contributed by atoms with Crippen molar-refractivity contribution in [1.82, 2.24) is 19.7 Å². The fraction of sp³-hybridized carbons (Fsp3) is 0.526. The largest absolute Gasteiger partial charge is 0.478 e. The fourth-order valence-electron chi connectivity index (χ4n) is 4.19. The van der Waals surface area contributed by atoms with Crippen molar-refractivity contribution >= 4 is 5.97 Å². The van der Waals surface area contributed by atoms with Gasteiger partial charge in [0, 0.05) is 25.6 Å². The number of aromatic carboxylic acids is 1. The molecule has 2 heterocycles. The normalized spacial score (nSPS) is 21.4. The van der Waals surface area contributed by atoms with E-state index in [-0.39, 0.29) is 6.04 Å². The Bertz CT molecular complexity index is 779. The lowest BCUT2D eigenvalue weighted by Crippen LogP contribution is -2.37. The van der Waals surface area contributed by atoms with Crippen LogP contribution in [-0.2, 0) is 13.1 Å². The summed E-state index contributed by atoms with van der Waals surface area (Å²) in [5, 5.41) is 18.2. The summed E-state index contributed by atoms with van der Waals surface area (Å²) in [6.45, 7) is 4.74. The Hall–Kier alpha value is -2.21. The highest BCUT2D eigenvalue weighted by Crippen LogP contribution is 2.35. The van der Waals surface area contributed by atoms with E-state index in [4.69, 9.17) is 5.11 Å². The number of carbonyl (C=O) groups is 1. The van der Waals surface area contributed by atoms with Crippen LogP contribution >= 0.6 is 0 Å². The summed E-state index contributed by atoms with van der Waals surface area (Å²) in [5.41, 5.74) is 1.37. The monoisotopic (exact) mass is 340 g/mol. The van der Waals surface area contributed by atoms with Crippen LogP contribution in [0.25, 0.3) is 0 Å². The predicted molar refractivity (Wildman–Crippen MR) is 93.5 cm³/mol. The topological polar surface area (TPSA) is 71.2 Å². The van der Waals surface area contributed by atoms with Gasteiger partial charge >= 0.3 is 5.97 Å². The average Bonchev–Trinajstić information content (AvgIpc) is 3.27. The molecule has 0 spiro atoms. The maximum atomic E-state index is 11.2. The SMILES string of the molecule is CC1c2nnc(C3CCCC3)n2CCN1Cc1cccc(C(=O)O)c1. The quantitative estimate of drug-likeness (QED) is 0.925. The molecule has 0 amide bonds. The Morgan fingerprint density at radius 3 is 2.72 bits per heavy atom. The predicted octanol–water partition coefficient (Wildman–Crippen LogP) is 3.21. The van der Waals surface area contributed by atoms with E-state index in [1.807, 2.05) is 12.1 Å². The minimum absolute atomic E-state index is 0.185. The Morgan fingerprint density at radius 2 is 1.96 bits per heavy atom. The molecule has 25 heavy (non-hydrogen) atoms. The van der Waals surface area contributed by atoms with Crippen LogP contribution in [0.2, 0.25) is 0 Å². The smallest absolute Gasteiger partial charge is 0.335 e. The molecule has 6 heteroatoms. The van der Waals surface area contributed by atoms with Crippen molar-refractivity contribution in [2.24, 2.45) is 0 Å². The zero-order valence-electron chi connectivity index (χ0n) is 14.6. The lowest BCUT2D eigenvalue weighted by atomic mass is 10.1. The molecule has 0 bridgehead atoms. The number of rotatable bonds is 4. The highest BCUT2D eigenvalue weighted by Gasteiger charge is 2.31. The molecule has 1 aromatic heterocycles. The third kappa shape index (κ3) is 3.06. The molecule has 2 aromatic rings. The minimum Gasteiger partial charge on any atom is -0.478 e. The number of carboxylic acid groups (broad SMARTS) is 1. The van der Waals surface area contributed by atoms with Gasteiger partial charge in [0.2, 0.25) is 0 Å². The number of carboxylic acids is 1. The first kappa shape index (κ1) is 16.3. The summed E-state index contributed by atoms with van der Waals surface area (Å²) in [7, 11) is 0. The Labute approximate surface area is 147 Å². The zero-order chi connectivity index (χ0) is 17.4. The second-order valence-electron chi connectivity index (χ2n) is 7.20. The molecule has 4 rings (SSSR count). The van der Waals surface area contributed by atoms with E-state index in [9.17, 15) is 4.79 Å².